The normalized spacial score (nSPS) is 28.8. The molecule has 1 N–H and O–H groups in total. The van der Waals surface area contributed by atoms with Crippen LogP contribution in [-0.4, -0.2) is 37.8 Å². The average molecular weight is 403 g/mol. The van der Waals surface area contributed by atoms with Gasteiger partial charge in [0.1, 0.15) is 0 Å². The first-order chi connectivity index (χ1) is 13.5. The van der Waals surface area contributed by atoms with Crippen LogP contribution in [0.25, 0.3) is 0 Å². The van der Waals surface area contributed by atoms with E-state index in [2.05, 4.69) is 11.9 Å². The summed E-state index contributed by atoms with van der Waals surface area (Å²) in [6.45, 7) is 4.60. The van der Waals surface area contributed by atoms with Gasteiger partial charge in [0.2, 0.25) is 15.9 Å². The minimum Gasteiger partial charge on any atom is -0.350 e. The van der Waals surface area contributed by atoms with Crippen molar-refractivity contribution >= 4 is 15.9 Å². The molecule has 0 spiro atoms. The molecule has 1 aliphatic heterocycles. The maximum Gasteiger partial charge on any atom is 0.243 e. The van der Waals surface area contributed by atoms with E-state index >= 15 is 0 Å². The van der Waals surface area contributed by atoms with Crippen LogP contribution in [0.15, 0.2) is 41.8 Å². The minimum atomic E-state index is -3.44. The molecule has 1 amide bonds. The standard InChI is InChI=1S/C22H30N2O3S/c1-2-22(25)23-20-12-18-14-24(15-19(18)13-20)28(26,27)21-10-8-17(9-11-21)16-6-4-3-5-7-16/h2,8-11,16,18-20H,1,3-7,12-15H2,(H,23,25). The largest absolute Gasteiger partial charge is 0.350 e. The average Bonchev–Trinajstić information content (AvgIpc) is 3.28. The number of nitrogens with one attached hydrogen (secondary N) is 1. The zero-order valence-electron chi connectivity index (χ0n) is 16.3. The first-order valence-electron chi connectivity index (χ1n) is 10.5. The van der Waals surface area contributed by atoms with E-state index in [1.807, 2.05) is 12.1 Å². The molecule has 3 fully saturated rings. The van der Waals surface area contributed by atoms with Crippen LogP contribution in [0.3, 0.4) is 0 Å². The lowest BCUT2D eigenvalue weighted by Crippen LogP contribution is -2.35. The molecule has 5 nitrogen and oxygen atoms in total. The molecular weight excluding hydrogens is 372 g/mol. The second-order valence-corrected chi connectivity index (χ2v) is 10.6. The number of nitrogens with zero attached hydrogens (tertiary/aromatic N) is 1. The number of carbonyl (C=O) groups excluding carboxylic acids is 1. The number of amides is 1. The Bertz CT molecular complexity index is 814. The van der Waals surface area contributed by atoms with Crippen LogP contribution in [-0.2, 0) is 14.8 Å². The third-order valence-electron chi connectivity index (χ3n) is 6.84. The Morgan fingerprint density at radius 3 is 2.21 bits per heavy atom. The van der Waals surface area contributed by atoms with Crippen molar-refractivity contribution in [3.63, 3.8) is 0 Å². The summed E-state index contributed by atoms with van der Waals surface area (Å²) in [5, 5.41) is 2.95. The highest BCUT2D eigenvalue weighted by molar-refractivity contribution is 7.89. The van der Waals surface area contributed by atoms with Crippen LogP contribution >= 0.6 is 0 Å². The van der Waals surface area contributed by atoms with Crippen LogP contribution in [0.2, 0.25) is 0 Å². The monoisotopic (exact) mass is 402 g/mol. The summed E-state index contributed by atoms with van der Waals surface area (Å²) in [5.41, 5.74) is 1.28. The molecule has 1 aromatic rings. The molecule has 1 saturated heterocycles. The first-order valence-corrected chi connectivity index (χ1v) is 11.9. The molecule has 0 radical (unpaired) electrons. The third kappa shape index (κ3) is 3.90. The van der Waals surface area contributed by atoms with Gasteiger partial charge in [-0.25, -0.2) is 8.42 Å². The highest BCUT2D eigenvalue weighted by Gasteiger charge is 2.45. The van der Waals surface area contributed by atoms with Gasteiger partial charge in [-0.05, 0) is 67.2 Å². The van der Waals surface area contributed by atoms with E-state index in [0.29, 0.717) is 35.7 Å². The fraction of sp³-hybridized carbons (Fsp3) is 0.591. The summed E-state index contributed by atoms with van der Waals surface area (Å²) in [6.07, 6.45) is 9.27. The third-order valence-corrected chi connectivity index (χ3v) is 8.69. The summed E-state index contributed by atoms with van der Waals surface area (Å²) < 4.78 is 27.8. The highest BCUT2D eigenvalue weighted by atomic mass is 32.2. The lowest BCUT2D eigenvalue weighted by Gasteiger charge is -2.23. The molecule has 0 bridgehead atoms. The van der Waals surface area contributed by atoms with Gasteiger partial charge in [-0.1, -0.05) is 38.0 Å². The molecule has 2 atom stereocenters. The number of hydrogen-bond donors (Lipinski definition) is 1. The van der Waals surface area contributed by atoms with E-state index < -0.39 is 10.0 Å². The zero-order chi connectivity index (χ0) is 19.7. The number of hydrogen-bond acceptors (Lipinski definition) is 3. The van der Waals surface area contributed by atoms with Gasteiger partial charge < -0.3 is 5.32 Å². The van der Waals surface area contributed by atoms with E-state index in [1.165, 1.54) is 43.7 Å². The van der Waals surface area contributed by atoms with Crippen molar-refractivity contribution in [1.82, 2.24) is 9.62 Å². The van der Waals surface area contributed by atoms with Gasteiger partial charge in [-0.3, -0.25) is 4.79 Å². The fourth-order valence-electron chi connectivity index (χ4n) is 5.33. The lowest BCUT2D eigenvalue weighted by molar-refractivity contribution is -0.117. The van der Waals surface area contributed by atoms with E-state index in [9.17, 15) is 13.2 Å². The van der Waals surface area contributed by atoms with Crippen molar-refractivity contribution in [3.8, 4) is 0 Å². The van der Waals surface area contributed by atoms with Gasteiger partial charge in [0, 0.05) is 19.1 Å². The molecule has 6 heteroatoms. The number of sulfonamides is 1. The van der Waals surface area contributed by atoms with E-state index in [-0.39, 0.29) is 11.9 Å². The molecule has 3 aliphatic rings. The van der Waals surface area contributed by atoms with Gasteiger partial charge in [0.25, 0.3) is 0 Å². The second kappa shape index (κ2) is 7.99. The van der Waals surface area contributed by atoms with Crippen molar-refractivity contribution < 1.29 is 13.2 Å². The van der Waals surface area contributed by atoms with Crippen molar-refractivity contribution in [3.05, 3.63) is 42.5 Å². The molecule has 1 aromatic carbocycles. The predicted octanol–water partition coefficient (Wildman–Crippen LogP) is 3.44. The van der Waals surface area contributed by atoms with E-state index in [0.717, 1.165) is 12.8 Å². The molecule has 28 heavy (non-hydrogen) atoms. The van der Waals surface area contributed by atoms with Crippen LogP contribution in [0, 0.1) is 11.8 Å². The molecule has 4 rings (SSSR count). The van der Waals surface area contributed by atoms with Crippen molar-refractivity contribution in [2.24, 2.45) is 11.8 Å². The molecule has 2 saturated carbocycles. The van der Waals surface area contributed by atoms with Crippen molar-refractivity contribution in [2.45, 2.75) is 61.8 Å². The molecule has 2 unspecified atom stereocenters. The predicted molar refractivity (Wildman–Crippen MR) is 109 cm³/mol. The lowest BCUT2D eigenvalue weighted by atomic mass is 9.84. The molecule has 2 aliphatic carbocycles. The van der Waals surface area contributed by atoms with Gasteiger partial charge in [0.05, 0.1) is 4.90 Å². The number of carbonyl (C=O) groups is 1. The quantitative estimate of drug-likeness (QED) is 0.767. The highest BCUT2D eigenvalue weighted by Crippen LogP contribution is 2.40. The summed E-state index contributed by atoms with van der Waals surface area (Å²) in [7, 11) is -3.44. The van der Waals surface area contributed by atoms with Crippen LogP contribution in [0.5, 0.6) is 0 Å². The summed E-state index contributed by atoms with van der Waals surface area (Å²) in [5.74, 6) is 1.09. The topological polar surface area (TPSA) is 66.5 Å². The Hall–Kier alpha value is -1.66. The fourth-order valence-corrected chi connectivity index (χ4v) is 6.88. The maximum atomic E-state index is 13.1. The molecule has 0 aromatic heterocycles. The number of fused-ring (bicyclic) bond motifs is 1. The summed E-state index contributed by atoms with van der Waals surface area (Å²) in [6, 6.07) is 7.75. The first kappa shape index (κ1) is 19.6. The van der Waals surface area contributed by atoms with Crippen LogP contribution < -0.4 is 5.32 Å². The Morgan fingerprint density at radius 2 is 1.64 bits per heavy atom. The Labute approximate surface area is 168 Å². The van der Waals surface area contributed by atoms with E-state index in [1.54, 1.807) is 16.4 Å². The van der Waals surface area contributed by atoms with Crippen molar-refractivity contribution in [2.75, 3.05) is 13.1 Å². The summed E-state index contributed by atoms with van der Waals surface area (Å²) in [4.78, 5) is 11.9. The van der Waals surface area contributed by atoms with E-state index in [4.69, 9.17) is 0 Å². The maximum absolute atomic E-state index is 13.1. The molecule has 152 valence electrons. The number of benzene rings is 1. The Balaban J connectivity index is 1.40. The smallest absolute Gasteiger partial charge is 0.243 e. The van der Waals surface area contributed by atoms with Crippen LogP contribution in [0.1, 0.15) is 56.4 Å². The zero-order valence-corrected chi connectivity index (χ0v) is 17.2. The summed E-state index contributed by atoms with van der Waals surface area (Å²) >= 11 is 0. The van der Waals surface area contributed by atoms with Gasteiger partial charge in [0.15, 0.2) is 0 Å². The van der Waals surface area contributed by atoms with Crippen molar-refractivity contribution in [1.29, 1.82) is 0 Å². The van der Waals surface area contributed by atoms with Gasteiger partial charge in [-0.15, -0.1) is 0 Å². The molecule has 1 heterocycles. The van der Waals surface area contributed by atoms with Gasteiger partial charge in [-0.2, -0.15) is 4.31 Å². The SMILES string of the molecule is C=CC(=O)NC1CC2CN(S(=O)(=O)c3ccc(C4CCCCC4)cc3)CC2C1. The minimum absolute atomic E-state index is 0.139. The Kier molecular flexibility index (Phi) is 5.61. The Morgan fingerprint density at radius 1 is 1.04 bits per heavy atom. The number of rotatable bonds is 5. The molecular formula is C22H30N2O3S. The second-order valence-electron chi connectivity index (χ2n) is 8.63. The van der Waals surface area contributed by atoms with Crippen LogP contribution in [0.4, 0.5) is 0 Å². The van der Waals surface area contributed by atoms with Gasteiger partial charge >= 0.3 is 0 Å².